The molecule has 1 rings (SSSR count). The number of phenols is 1. The van der Waals surface area contributed by atoms with Crippen LogP contribution in [0.2, 0.25) is 0 Å². The Morgan fingerprint density at radius 1 is 1.52 bits per heavy atom. The second-order valence-electron chi connectivity index (χ2n) is 3.80. The molecule has 0 aliphatic rings. The number of nitro groups is 1. The standard InChI is InChI=1S/C10H12N2O8S/c1-20-10(15)9(14)5-11-21(18,19)6-2-3-8(13)7(4-6)12(16)17/h2-4,9,11,13-14H,5H2,1H3. The van der Waals surface area contributed by atoms with Crippen LogP contribution in [0.5, 0.6) is 5.75 Å². The van der Waals surface area contributed by atoms with E-state index < -0.39 is 49.9 Å². The molecule has 0 bridgehead atoms. The fourth-order valence-electron chi connectivity index (χ4n) is 1.31. The molecule has 0 spiro atoms. The van der Waals surface area contributed by atoms with Crippen LogP contribution in [0.15, 0.2) is 23.1 Å². The minimum absolute atomic E-state index is 0.496. The molecule has 0 aliphatic carbocycles. The number of rotatable bonds is 6. The smallest absolute Gasteiger partial charge is 0.336 e. The van der Waals surface area contributed by atoms with Gasteiger partial charge in [-0.15, -0.1) is 0 Å². The number of nitro benzene ring substituents is 1. The SMILES string of the molecule is COC(=O)C(O)CNS(=O)(=O)c1ccc(O)c([N+](=O)[O-])c1. The summed E-state index contributed by atoms with van der Waals surface area (Å²) >= 11 is 0. The number of methoxy groups -OCH3 is 1. The van der Waals surface area contributed by atoms with Gasteiger partial charge in [0.25, 0.3) is 0 Å². The molecule has 1 aromatic rings. The second kappa shape index (κ2) is 6.47. The lowest BCUT2D eigenvalue weighted by molar-refractivity contribution is -0.386. The van der Waals surface area contributed by atoms with E-state index in [0.29, 0.717) is 6.07 Å². The maximum atomic E-state index is 11.9. The minimum atomic E-state index is -4.20. The third-order valence-electron chi connectivity index (χ3n) is 2.39. The van der Waals surface area contributed by atoms with Crippen molar-refractivity contribution in [1.29, 1.82) is 0 Å². The highest BCUT2D eigenvalue weighted by molar-refractivity contribution is 7.89. The van der Waals surface area contributed by atoms with Gasteiger partial charge < -0.3 is 14.9 Å². The molecular formula is C10H12N2O8S. The van der Waals surface area contributed by atoms with Gasteiger partial charge in [0.2, 0.25) is 10.0 Å². The number of ether oxygens (including phenoxy) is 1. The largest absolute Gasteiger partial charge is 0.502 e. The number of nitrogens with zero attached hydrogens (tertiary/aromatic N) is 1. The first-order valence-corrected chi connectivity index (χ1v) is 6.90. The van der Waals surface area contributed by atoms with Crippen LogP contribution in [-0.2, 0) is 19.6 Å². The van der Waals surface area contributed by atoms with Gasteiger partial charge in [0.05, 0.1) is 16.9 Å². The number of aliphatic hydroxyl groups excluding tert-OH is 1. The number of aromatic hydroxyl groups is 1. The highest BCUT2D eigenvalue weighted by Crippen LogP contribution is 2.28. The molecule has 3 N–H and O–H groups in total. The molecule has 0 saturated carbocycles. The van der Waals surface area contributed by atoms with Crippen molar-refractivity contribution < 1.29 is 33.1 Å². The fourth-order valence-corrected chi connectivity index (χ4v) is 2.37. The molecule has 0 amide bonds. The number of aliphatic hydroxyl groups is 1. The van der Waals surface area contributed by atoms with Crippen LogP contribution >= 0.6 is 0 Å². The number of nitrogens with one attached hydrogen (secondary N) is 1. The molecule has 0 saturated heterocycles. The first-order valence-electron chi connectivity index (χ1n) is 5.42. The molecule has 1 atom stereocenters. The van der Waals surface area contributed by atoms with Gasteiger partial charge in [0.1, 0.15) is 0 Å². The number of esters is 1. The van der Waals surface area contributed by atoms with Crippen molar-refractivity contribution in [2.75, 3.05) is 13.7 Å². The van der Waals surface area contributed by atoms with Crippen molar-refractivity contribution in [3.8, 4) is 5.75 Å². The van der Waals surface area contributed by atoms with Crippen molar-refractivity contribution in [2.45, 2.75) is 11.0 Å². The summed E-state index contributed by atoms with van der Waals surface area (Å²) < 4.78 is 29.8. The fraction of sp³-hybridized carbons (Fsp3) is 0.300. The summed E-state index contributed by atoms with van der Waals surface area (Å²) in [5, 5.41) is 29.1. The van der Waals surface area contributed by atoms with E-state index in [2.05, 4.69) is 4.74 Å². The van der Waals surface area contributed by atoms with E-state index in [-0.39, 0.29) is 0 Å². The predicted molar refractivity (Wildman–Crippen MR) is 68.0 cm³/mol. The van der Waals surface area contributed by atoms with E-state index >= 15 is 0 Å². The molecule has 21 heavy (non-hydrogen) atoms. The van der Waals surface area contributed by atoms with E-state index in [9.17, 15) is 33.5 Å². The number of carbonyl (C=O) groups is 1. The maximum Gasteiger partial charge on any atom is 0.336 e. The molecule has 0 aromatic heterocycles. The number of sulfonamides is 1. The Morgan fingerprint density at radius 2 is 2.14 bits per heavy atom. The van der Waals surface area contributed by atoms with Crippen LogP contribution in [0.25, 0.3) is 0 Å². The molecule has 0 fully saturated rings. The van der Waals surface area contributed by atoms with Gasteiger partial charge >= 0.3 is 11.7 Å². The lowest BCUT2D eigenvalue weighted by Crippen LogP contribution is -2.37. The monoisotopic (exact) mass is 320 g/mol. The van der Waals surface area contributed by atoms with Crippen LogP contribution in [-0.4, -0.2) is 49.3 Å². The summed E-state index contributed by atoms with van der Waals surface area (Å²) in [6.07, 6.45) is -1.71. The van der Waals surface area contributed by atoms with Gasteiger partial charge in [-0.25, -0.2) is 17.9 Å². The van der Waals surface area contributed by atoms with E-state index in [4.69, 9.17) is 0 Å². The molecule has 11 heteroatoms. The van der Waals surface area contributed by atoms with Crippen LogP contribution in [0.3, 0.4) is 0 Å². The van der Waals surface area contributed by atoms with E-state index in [1.54, 1.807) is 0 Å². The van der Waals surface area contributed by atoms with Gasteiger partial charge in [0, 0.05) is 12.6 Å². The lowest BCUT2D eigenvalue weighted by atomic mass is 10.3. The summed E-state index contributed by atoms with van der Waals surface area (Å²) in [7, 11) is -3.19. The van der Waals surface area contributed by atoms with Crippen molar-refractivity contribution in [3.05, 3.63) is 28.3 Å². The predicted octanol–water partition coefficient (Wildman–Crippen LogP) is -0.887. The zero-order valence-corrected chi connectivity index (χ0v) is 11.5. The lowest BCUT2D eigenvalue weighted by Gasteiger charge is -2.10. The van der Waals surface area contributed by atoms with Gasteiger partial charge in [-0.3, -0.25) is 10.1 Å². The topological polar surface area (TPSA) is 156 Å². The van der Waals surface area contributed by atoms with E-state index in [0.717, 1.165) is 19.2 Å². The molecule has 1 unspecified atom stereocenters. The molecule has 0 heterocycles. The maximum absolute atomic E-state index is 11.9. The third kappa shape index (κ3) is 4.11. The summed E-state index contributed by atoms with van der Waals surface area (Å²) in [6.45, 7) is -0.663. The number of phenolic OH excluding ortho intramolecular Hbond substituents is 1. The number of benzene rings is 1. The van der Waals surface area contributed by atoms with E-state index in [1.165, 1.54) is 0 Å². The number of hydrogen-bond acceptors (Lipinski definition) is 8. The molecule has 1 aromatic carbocycles. The molecule has 0 radical (unpaired) electrons. The number of carbonyl (C=O) groups excluding carboxylic acids is 1. The Bertz CT molecular complexity index is 657. The Hall–Kier alpha value is -2.24. The molecular weight excluding hydrogens is 308 g/mol. The Labute approximate surface area is 119 Å². The minimum Gasteiger partial charge on any atom is -0.502 e. The van der Waals surface area contributed by atoms with Crippen molar-refractivity contribution in [2.24, 2.45) is 0 Å². The third-order valence-corrected chi connectivity index (χ3v) is 3.82. The summed E-state index contributed by atoms with van der Waals surface area (Å²) in [5.41, 5.74) is -0.786. The zero-order chi connectivity index (χ0) is 16.2. The number of hydrogen-bond donors (Lipinski definition) is 3. The van der Waals surface area contributed by atoms with Crippen LogP contribution in [0.1, 0.15) is 0 Å². The average molecular weight is 320 g/mol. The summed E-state index contributed by atoms with van der Waals surface area (Å²) in [6, 6.07) is 2.45. The Morgan fingerprint density at radius 3 is 2.67 bits per heavy atom. The first kappa shape index (κ1) is 16.8. The van der Waals surface area contributed by atoms with Crippen LogP contribution in [0.4, 0.5) is 5.69 Å². The van der Waals surface area contributed by atoms with Crippen LogP contribution in [0, 0.1) is 10.1 Å². The quantitative estimate of drug-likeness (QED) is 0.346. The normalized spacial score (nSPS) is 12.7. The van der Waals surface area contributed by atoms with Crippen molar-refractivity contribution in [1.82, 2.24) is 4.72 Å². The van der Waals surface area contributed by atoms with E-state index in [1.807, 2.05) is 4.72 Å². The Balaban J connectivity index is 2.96. The first-order chi connectivity index (χ1) is 9.69. The van der Waals surface area contributed by atoms with Gasteiger partial charge in [0.15, 0.2) is 11.9 Å². The molecule has 0 aliphatic heterocycles. The zero-order valence-electron chi connectivity index (χ0n) is 10.7. The molecule has 116 valence electrons. The van der Waals surface area contributed by atoms with Gasteiger partial charge in [-0.2, -0.15) is 0 Å². The Kier molecular flexibility index (Phi) is 5.18. The van der Waals surface area contributed by atoms with Gasteiger partial charge in [-0.1, -0.05) is 0 Å². The summed E-state index contributed by atoms with van der Waals surface area (Å²) in [4.78, 5) is 20.1. The van der Waals surface area contributed by atoms with Crippen molar-refractivity contribution >= 4 is 21.7 Å². The second-order valence-corrected chi connectivity index (χ2v) is 5.57. The van der Waals surface area contributed by atoms with Gasteiger partial charge in [-0.05, 0) is 12.1 Å². The van der Waals surface area contributed by atoms with Crippen LogP contribution < -0.4 is 4.72 Å². The highest BCUT2D eigenvalue weighted by atomic mass is 32.2. The van der Waals surface area contributed by atoms with Crippen molar-refractivity contribution in [3.63, 3.8) is 0 Å². The highest BCUT2D eigenvalue weighted by Gasteiger charge is 2.23. The summed E-state index contributed by atoms with van der Waals surface area (Å²) in [5.74, 6) is -1.72. The molecule has 10 nitrogen and oxygen atoms in total. The average Bonchev–Trinajstić information content (AvgIpc) is 2.43.